The predicted molar refractivity (Wildman–Crippen MR) is 70.5 cm³/mol. The fraction of sp³-hybridized carbons (Fsp3) is 0.375. The van der Waals surface area contributed by atoms with E-state index < -0.39 is 6.10 Å². The zero-order chi connectivity index (χ0) is 12.5. The Kier molecular flexibility index (Phi) is 2.96. The Morgan fingerprint density at radius 1 is 1.28 bits per heavy atom. The molecule has 1 aliphatic carbocycles. The average Bonchev–Trinajstić information content (AvgIpc) is 2.74. The van der Waals surface area contributed by atoms with Crippen LogP contribution >= 0.6 is 0 Å². The predicted octanol–water partition coefficient (Wildman–Crippen LogP) is 3.94. The summed E-state index contributed by atoms with van der Waals surface area (Å²) in [6, 6.07) is 10.1. The van der Waals surface area contributed by atoms with E-state index in [0.717, 1.165) is 16.9 Å². The van der Waals surface area contributed by atoms with Gasteiger partial charge < -0.3 is 9.52 Å². The normalized spacial score (nSPS) is 17.4. The lowest BCUT2D eigenvalue weighted by atomic mass is 9.77. The molecule has 0 bridgehead atoms. The maximum Gasteiger partial charge on any atom is 0.107 e. The number of rotatable bonds is 3. The van der Waals surface area contributed by atoms with Crippen molar-refractivity contribution in [1.82, 2.24) is 0 Å². The SMILES string of the molecule is Cc1cc(C(O)c2ccccc2C2CCC2)co1. The molecule has 1 N–H and O–H groups in total. The second kappa shape index (κ2) is 4.62. The van der Waals surface area contributed by atoms with Crippen LogP contribution in [0.4, 0.5) is 0 Å². The molecule has 1 aromatic carbocycles. The quantitative estimate of drug-likeness (QED) is 0.884. The molecule has 0 saturated heterocycles. The van der Waals surface area contributed by atoms with Crippen LogP contribution in [0, 0.1) is 6.92 Å². The van der Waals surface area contributed by atoms with Gasteiger partial charge in [-0.25, -0.2) is 0 Å². The lowest BCUT2D eigenvalue weighted by Crippen LogP contribution is -2.13. The largest absolute Gasteiger partial charge is 0.469 e. The van der Waals surface area contributed by atoms with E-state index in [0.29, 0.717) is 5.92 Å². The molecule has 2 aromatic rings. The average molecular weight is 242 g/mol. The van der Waals surface area contributed by atoms with Gasteiger partial charge in [-0.05, 0) is 42.9 Å². The van der Waals surface area contributed by atoms with Gasteiger partial charge in [0.25, 0.3) is 0 Å². The minimum absolute atomic E-state index is 0.570. The molecule has 18 heavy (non-hydrogen) atoms. The first-order valence-electron chi connectivity index (χ1n) is 6.57. The fourth-order valence-corrected chi connectivity index (χ4v) is 2.64. The Labute approximate surface area is 107 Å². The lowest BCUT2D eigenvalue weighted by molar-refractivity contribution is 0.216. The van der Waals surface area contributed by atoms with E-state index in [1.54, 1.807) is 6.26 Å². The number of benzene rings is 1. The molecular formula is C16H18O2. The number of aryl methyl sites for hydroxylation is 1. The molecule has 0 amide bonds. The molecule has 0 radical (unpaired) electrons. The van der Waals surface area contributed by atoms with Crippen molar-refractivity contribution >= 4 is 0 Å². The number of aliphatic hydroxyl groups is 1. The van der Waals surface area contributed by atoms with Gasteiger partial charge in [0, 0.05) is 5.56 Å². The summed E-state index contributed by atoms with van der Waals surface area (Å²) in [6.07, 6.45) is 4.87. The maximum absolute atomic E-state index is 10.5. The van der Waals surface area contributed by atoms with Gasteiger partial charge in [-0.15, -0.1) is 0 Å². The molecular weight excluding hydrogens is 224 g/mol. The highest BCUT2D eigenvalue weighted by Gasteiger charge is 2.25. The number of hydrogen-bond donors (Lipinski definition) is 1. The van der Waals surface area contributed by atoms with Crippen molar-refractivity contribution in [2.75, 3.05) is 0 Å². The molecule has 0 spiro atoms. The van der Waals surface area contributed by atoms with Gasteiger partial charge in [-0.1, -0.05) is 30.7 Å². The van der Waals surface area contributed by atoms with Crippen molar-refractivity contribution in [2.24, 2.45) is 0 Å². The molecule has 1 saturated carbocycles. The summed E-state index contributed by atoms with van der Waals surface area (Å²) in [7, 11) is 0. The van der Waals surface area contributed by atoms with Crippen molar-refractivity contribution in [3.63, 3.8) is 0 Å². The Balaban J connectivity index is 1.95. The highest BCUT2D eigenvalue weighted by Crippen LogP contribution is 2.40. The van der Waals surface area contributed by atoms with E-state index in [1.807, 2.05) is 25.1 Å². The van der Waals surface area contributed by atoms with Crippen molar-refractivity contribution in [2.45, 2.75) is 38.2 Å². The van der Waals surface area contributed by atoms with Gasteiger partial charge in [0.2, 0.25) is 0 Å². The first kappa shape index (κ1) is 11.5. The third kappa shape index (κ3) is 1.97. The van der Waals surface area contributed by atoms with Crippen LogP contribution in [0.2, 0.25) is 0 Å². The summed E-state index contributed by atoms with van der Waals surface area (Å²) in [5.41, 5.74) is 3.18. The van der Waals surface area contributed by atoms with Crippen molar-refractivity contribution in [3.05, 3.63) is 59.0 Å². The Hall–Kier alpha value is -1.54. The van der Waals surface area contributed by atoms with Crippen LogP contribution in [0.3, 0.4) is 0 Å². The van der Waals surface area contributed by atoms with E-state index >= 15 is 0 Å². The molecule has 1 heterocycles. The van der Waals surface area contributed by atoms with Crippen LogP contribution in [0.15, 0.2) is 41.0 Å². The third-order valence-corrected chi connectivity index (χ3v) is 3.90. The summed E-state index contributed by atoms with van der Waals surface area (Å²) in [5.74, 6) is 1.47. The maximum atomic E-state index is 10.5. The van der Waals surface area contributed by atoms with E-state index in [9.17, 15) is 5.11 Å². The van der Waals surface area contributed by atoms with Crippen LogP contribution in [0.25, 0.3) is 0 Å². The molecule has 0 aliphatic heterocycles. The van der Waals surface area contributed by atoms with E-state index in [-0.39, 0.29) is 0 Å². The first-order valence-corrected chi connectivity index (χ1v) is 6.57. The monoisotopic (exact) mass is 242 g/mol. The van der Waals surface area contributed by atoms with Crippen molar-refractivity contribution in [3.8, 4) is 0 Å². The van der Waals surface area contributed by atoms with Gasteiger partial charge in [-0.2, -0.15) is 0 Å². The van der Waals surface area contributed by atoms with E-state index in [4.69, 9.17) is 4.42 Å². The zero-order valence-corrected chi connectivity index (χ0v) is 10.6. The molecule has 1 unspecified atom stereocenters. The van der Waals surface area contributed by atoms with Gasteiger partial charge in [0.05, 0.1) is 6.26 Å². The second-order valence-electron chi connectivity index (χ2n) is 5.15. The fourth-order valence-electron chi connectivity index (χ4n) is 2.64. The first-order chi connectivity index (χ1) is 8.75. The Bertz CT molecular complexity index is 538. The molecule has 1 aliphatic rings. The minimum Gasteiger partial charge on any atom is -0.469 e. The molecule has 94 valence electrons. The number of furan rings is 1. The van der Waals surface area contributed by atoms with Crippen LogP contribution in [-0.4, -0.2) is 5.11 Å². The van der Waals surface area contributed by atoms with E-state index in [1.165, 1.54) is 24.8 Å². The molecule has 2 heteroatoms. The summed E-state index contributed by atoms with van der Waals surface area (Å²) >= 11 is 0. The number of hydrogen-bond acceptors (Lipinski definition) is 2. The molecule has 3 rings (SSSR count). The van der Waals surface area contributed by atoms with Crippen LogP contribution < -0.4 is 0 Å². The van der Waals surface area contributed by atoms with Crippen LogP contribution in [0.1, 0.15) is 53.7 Å². The highest BCUT2D eigenvalue weighted by molar-refractivity contribution is 5.38. The standard InChI is InChI=1S/C16H18O2/c1-11-9-13(10-18-11)16(17)15-8-3-2-7-14(15)12-5-4-6-12/h2-3,7-10,12,16-17H,4-6H2,1H3. The van der Waals surface area contributed by atoms with Gasteiger partial charge in [0.15, 0.2) is 0 Å². The van der Waals surface area contributed by atoms with Crippen molar-refractivity contribution < 1.29 is 9.52 Å². The van der Waals surface area contributed by atoms with Crippen molar-refractivity contribution in [1.29, 1.82) is 0 Å². The summed E-state index contributed by atoms with van der Waals surface area (Å²) in [4.78, 5) is 0. The van der Waals surface area contributed by atoms with Gasteiger partial charge in [-0.3, -0.25) is 0 Å². The van der Waals surface area contributed by atoms with Gasteiger partial charge in [0.1, 0.15) is 11.9 Å². The summed E-state index contributed by atoms with van der Waals surface area (Å²) < 4.78 is 5.29. The topological polar surface area (TPSA) is 33.4 Å². The van der Waals surface area contributed by atoms with Crippen LogP contribution in [0.5, 0.6) is 0 Å². The second-order valence-corrected chi connectivity index (χ2v) is 5.15. The van der Waals surface area contributed by atoms with Gasteiger partial charge >= 0.3 is 0 Å². The third-order valence-electron chi connectivity index (χ3n) is 3.90. The molecule has 1 atom stereocenters. The minimum atomic E-state index is -0.570. The molecule has 1 fully saturated rings. The molecule has 1 aromatic heterocycles. The van der Waals surface area contributed by atoms with Crippen LogP contribution in [-0.2, 0) is 0 Å². The summed E-state index contributed by atoms with van der Waals surface area (Å²) in [6.45, 7) is 1.90. The van der Waals surface area contributed by atoms with E-state index in [2.05, 4.69) is 12.1 Å². The molecule has 2 nitrogen and oxygen atoms in total. The lowest BCUT2D eigenvalue weighted by Gasteiger charge is -2.29. The summed E-state index contributed by atoms with van der Waals surface area (Å²) in [5, 5.41) is 10.5. The smallest absolute Gasteiger partial charge is 0.107 e. The Morgan fingerprint density at radius 2 is 2.06 bits per heavy atom. The Morgan fingerprint density at radius 3 is 2.67 bits per heavy atom. The number of aliphatic hydroxyl groups excluding tert-OH is 1. The highest BCUT2D eigenvalue weighted by atomic mass is 16.3. The zero-order valence-electron chi connectivity index (χ0n) is 10.6.